The van der Waals surface area contributed by atoms with Crippen molar-refractivity contribution in [1.29, 1.82) is 0 Å². The molecule has 0 aliphatic heterocycles. The van der Waals surface area contributed by atoms with E-state index in [0.717, 1.165) is 13.1 Å². The van der Waals surface area contributed by atoms with Gasteiger partial charge in [0, 0.05) is 13.1 Å². The second kappa shape index (κ2) is 10.0. The lowest BCUT2D eigenvalue weighted by Gasteiger charge is -2.18. The molecule has 0 fully saturated rings. The second-order valence-electron chi connectivity index (χ2n) is 2.52. The van der Waals surface area contributed by atoms with E-state index >= 15 is 0 Å². The summed E-state index contributed by atoms with van der Waals surface area (Å²) in [5, 5.41) is 2.68. The van der Waals surface area contributed by atoms with Crippen molar-refractivity contribution in [3.8, 4) is 0 Å². The Labute approximate surface area is 91.6 Å². The summed E-state index contributed by atoms with van der Waals surface area (Å²) in [7, 11) is 0. The average Bonchev–Trinajstić information content (AvgIpc) is 2.14. The number of rotatable bonds is 7. The van der Waals surface area contributed by atoms with Gasteiger partial charge in [-0.05, 0) is 6.08 Å². The number of hydrogen-bond acceptors (Lipinski definition) is 2. The first-order valence-corrected chi connectivity index (χ1v) is 4.09. The molecule has 0 radical (unpaired) electrons. The molecule has 0 aromatic heterocycles. The molecule has 0 aromatic carbocycles. The molecule has 0 heterocycles. The van der Waals surface area contributed by atoms with Gasteiger partial charge in [-0.25, -0.2) is 0 Å². The van der Waals surface area contributed by atoms with Gasteiger partial charge in [-0.1, -0.05) is 18.7 Å². The maximum Gasteiger partial charge on any atom is 0.244 e. The quantitative estimate of drug-likeness (QED) is 0.396. The third-order valence-corrected chi connectivity index (χ3v) is 1.44. The number of nitrogens with zero attached hydrogens (tertiary/aromatic N) is 1. The van der Waals surface area contributed by atoms with Crippen molar-refractivity contribution in [3.63, 3.8) is 0 Å². The van der Waals surface area contributed by atoms with Gasteiger partial charge < -0.3 is 5.32 Å². The summed E-state index contributed by atoms with van der Waals surface area (Å²) in [6, 6.07) is 0. The zero-order chi connectivity index (χ0) is 10.1. The molecule has 1 amide bonds. The summed E-state index contributed by atoms with van der Waals surface area (Å²) in [6.07, 6.45) is 4.81. The Morgan fingerprint density at radius 1 is 1.21 bits per heavy atom. The number of carbonyl (C=O) groups is 1. The van der Waals surface area contributed by atoms with Crippen molar-refractivity contribution in [1.82, 2.24) is 10.2 Å². The third kappa shape index (κ3) is 7.58. The summed E-state index contributed by atoms with van der Waals surface area (Å²) in [4.78, 5) is 12.8. The van der Waals surface area contributed by atoms with Crippen molar-refractivity contribution in [2.24, 2.45) is 0 Å². The highest BCUT2D eigenvalue weighted by Crippen LogP contribution is 1.86. The SMILES string of the molecule is C=CCN(CC=C)CNC(=O)C=C.Cl. The van der Waals surface area contributed by atoms with E-state index in [0.29, 0.717) is 6.67 Å². The summed E-state index contributed by atoms with van der Waals surface area (Å²) in [6.45, 7) is 12.5. The molecule has 0 spiro atoms. The van der Waals surface area contributed by atoms with Crippen LogP contribution in [0, 0.1) is 0 Å². The van der Waals surface area contributed by atoms with Crippen molar-refractivity contribution >= 4 is 18.3 Å². The van der Waals surface area contributed by atoms with Crippen LogP contribution in [0.15, 0.2) is 38.0 Å². The number of amides is 1. The Balaban J connectivity index is 0. The molecule has 0 unspecified atom stereocenters. The fourth-order valence-electron chi connectivity index (χ4n) is 0.831. The first-order valence-electron chi connectivity index (χ1n) is 4.09. The predicted molar refractivity (Wildman–Crippen MR) is 62.4 cm³/mol. The highest BCUT2D eigenvalue weighted by molar-refractivity contribution is 5.86. The van der Waals surface area contributed by atoms with Crippen molar-refractivity contribution in [2.45, 2.75) is 0 Å². The van der Waals surface area contributed by atoms with Gasteiger partial charge in [-0.15, -0.1) is 25.6 Å². The zero-order valence-electron chi connectivity index (χ0n) is 8.24. The van der Waals surface area contributed by atoms with Crippen LogP contribution in [0.3, 0.4) is 0 Å². The predicted octanol–water partition coefficient (Wildman–Crippen LogP) is 1.34. The van der Waals surface area contributed by atoms with Crippen molar-refractivity contribution in [3.05, 3.63) is 38.0 Å². The topological polar surface area (TPSA) is 32.3 Å². The minimum absolute atomic E-state index is 0. The summed E-state index contributed by atoms with van der Waals surface area (Å²) < 4.78 is 0. The first kappa shape index (κ1) is 15.4. The molecule has 0 rings (SSSR count). The van der Waals surface area contributed by atoms with Gasteiger partial charge >= 0.3 is 0 Å². The van der Waals surface area contributed by atoms with E-state index in [1.54, 1.807) is 12.2 Å². The van der Waals surface area contributed by atoms with Gasteiger partial charge in [-0.3, -0.25) is 9.69 Å². The van der Waals surface area contributed by atoms with E-state index in [-0.39, 0.29) is 18.3 Å². The lowest BCUT2D eigenvalue weighted by molar-refractivity contribution is -0.117. The largest absolute Gasteiger partial charge is 0.340 e. The fourth-order valence-corrected chi connectivity index (χ4v) is 0.831. The number of hydrogen-bond donors (Lipinski definition) is 1. The monoisotopic (exact) mass is 216 g/mol. The zero-order valence-corrected chi connectivity index (χ0v) is 9.05. The van der Waals surface area contributed by atoms with Gasteiger partial charge in [0.05, 0.1) is 6.67 Å². The van der Waals surface area contributed by atoms with E-state index in [9.17, 15) is 4.79 Å². The third-order valence-electron chi connectivity index (χ3n) is 1.44. The molecule has 14 heavy (non-hydrogen) atoms. The molecule has 1 N–H and O–H groups in total. The van der Waals surface area contributed by atoms with Crippen LogP contribution in [0.4, 0.5) is 0 Å². The van der Waals surface area contributed by atoms with E-state index in [2.05, 4.69) is 25.1 Å². The molecule has 0 aromatic rings. The average molecular weight is 217 g/mol. The van der Waals surface area contributed by atoms with Crippen LogP contribution < -0.4 is 5.32 Å². The minimum atomic E-state index is -0.168. The highest BCUT2D eigenvalue weighted by Gasteiger charge is 2.00. The van der Waals surface area contributed by atoms with Gasteiger partial charge in [0.15, 0.2) is 0 Å². The smallest absolute Gasteiger partial charge is 0.244 e. The Bertz CT molecular complexity index is 194. The second-order valence-corrected chi connectivity index (χ2v) is 2.52. The van der Waals surface area contributed by atoms with Gasteiger partial charge in [-0.2, -0.15) is 0 Å². The summed E-state index contributed by atoms with van der Waals surface area (Å²) in [5.41, 5.74) is 0. The lowest BCUT2D eigenvalue weighted by atomic mass is 10.4. The molecule has 0 atom stereocenters. The van der Waals surface area contributed by atoms with Crippen molar-refractivity contribution < 1.29 is 4.79 Å². The van der Waals surface area contributed by atoms with Crippen LogP contribution in [0.2, 0.25) is 0 Å². The first-order chi connectivity index (χ1) is 6.24. The molecule has 0 aliphatic rings. The van der Waals surface area contributed by atoms with E-state index in [4.69, 9.17) is 0 Å². The normalized spacial score (nSPS) is 8.64. The van der Waals surface area contributed by atoms with Crippen LogP contribution >= 0.6 is 12.4 Å². The van der Waals surface area contributed by atoms with Gasteiger partial charge in [0.1, 0.15) is 0 Å². The Hall–Kier alpha value is -1.06. The Morgan fingerprint density at radius 2 is 1.71 bits per heavy atom. The standard InChI is InChI=1S/C10H16N2O.ClH/c1-4-7-12(8-5-2)9-11-10(13)6-3;/h4-6H,1-3,7-9H2,(H,11,13);1H. The molecule has 0 saturated heterocycles. The molecule has 0 aliphatic carbocycles. The lowest BCUT2D eigenvalue weighted by Crippen LogP contribution is -2.37. The minimum Gasteiger partial charge on any atom is -0.340 e. The Morgan fingerprint density at radius 3 is 2.07 bits per heavy atom. The van der Waals surface area contributed by atoms with E-state index < -0.39 is 0 Å². The maximum absolute atomic E-state index is 10.8. The summed E-state index contributed by atoms with van der Waals surface area (Å²) >= 11 is 0. The molecule has 0 saturated carbocycles. The van der Waals surface area contributed by atoms with E-state index in [1.807, 2.05) is 4.90 Å². The van der Waals surface area contributed by atoms with Crippen LogP contribution in [0.1, 0.15) is 0 Å². The molecule has 80 valence electrons. The van der Waals surface area contributed by atoms with E-state index in [1.165, 1.54) is 6.08 Å². The van der Waals surface area contributed by atoms with Gasteiger partial charge in [0.2, 0.25) is 5.91 Å². The van der Waals surface area contributed by atoms with Crippen molar-refractivity contribution in [2.75, 3.05) is 19.8 Å². The van der Waals surface area contributed by atoms with Crippen LogP contribution in [-0.2, 0) is 4.79 Å². The molecule has 3 nitrogen and oxygen atoms in total. The molecular weight excluding hydrogens is 200 g/mol. The molecule has 0 bridgehead atoms. The van der Waals surface area contributed by atoms with Crippen LogP contribution in [0.25, 0.3) is 0 Å². The van der Waals surface area contributed by atoms with Crippen LogP contribution in [0.5, 0.6) is 0 Å². The van der Waals surface area contributed by atoms with Gasteiger partial charge in [0.25, 0.3) is 0 Å². The highest BCUT2D eigenvalue weighted by atomic mass is 35.5. The fraction of sp³-hybridized carbons (Fsp3) is 0.300. The number of nitrogens with one attached hydrogen (secondary N) is 1. The summed E-state index contributed by atoms with van der Waals surface area (Å²) in [5.74, 6) is -0.168. The number of carbonyl (C=O) groups excluding carboxylic acids is 1. The number of halogens is 1. The maximum atomic E-state index is 10.8. The Kier molecular flexibility index (Phi) is 11.0. The molecular formula is C10H17ClN2O. The molecule has 4 heteroatoms. The van der Waals surface area contributed by atoms with Crippen LogP contribution in [-0.4, -0.2) is 30.6 Å².